The summed E-state index contributed by atoms with van der Waals surface area (Å²) in [6.45, 7) is 1.27. The third kappa shape index (κ3) is 20.7. The number of carbonyl (C=O) groups is 8. The Kier molecular flexibility index (Phi) is 27.9. The Bertz CT molecular complexity index is 3400. The molecule has 2 heterocycles. The second-order valence-electron chi connectivity index (χ2n) is 22.6. The van der Waals surface area contributed by atoms with Crippen molar-refractivity contribution in [3.05, 3.63) is 150 Å². The number of nitrogens with two attached hydrogens (primary N) is 1. The molecule has 0 spiro atoms. The highest BCUT2D eigenvalue weighted by Crippen LogP contribution is 2.36. The lowest BCUT2D eigenvalue weighted by molar-refractivity contribution is -0.310. The summed E-state index contributed by atoms with van der Waals surface area (Å²) < 4.78 is 23.2. The van der Waals surface area contributed by atoms with E-state index in [4.69, 9.17) is 24.7 Å². The molecule has 27 nitrogen and oxygen atoms in total. The van der Waals surface area contributed by atoms with E-state index in [0.29, 0.717) is 23.0 Å². The van der Waals surface area contributed by atoms with Crippen LogP contribution in [0.5, 0.6) is 0 Å². The Morgan fingerprint density at radius 1 is 0.516 bits per heavy atom. The minimum Gasteiger partial charge on any atom is -0.477 e. The molecule has 0 aliphatic carbocycles. The molecule has 512 valence electrons. The van der Waals surface area contributed by atoms with Crippen LogP contribution in [0.1, 0.15) is 81.0 Å². The first-order valence-electron chi connectivity index (χ1n) is 30.6. The van der Waals surface area contributed by atoms with Crippen molar-refractivity contribution in [2.24, 2.45) is 0 Å². The van der Waals surface area contributed by atoms with Gasteiger partial charge in [0.05, 0.1) is 55.3 Å². The number of aliphatic carboxylic acids is 2. The van der Waals surface area contributed by atoms with Crippen molar-refractivity contribution in [2.45, 2.75) is 112 Å². The van der Waals surface area contributed by atoms with Gasteiger partial charge in [-0.1, -0.05) is 84.9 Å². The second kappa shape index (κ2) is 35.6. The molecular weight excluding hydrogens is 1270 g/mol. The maximum absolute atomic E-state index is 13.1. The smallest absolute Gasteiger partial charge is 0.364 e. The van der Waals surface area contributed by atoms with Crippen LogP contribution in [0.2, 0.25) is 0 Å². The third-order valence-corrected chi connectivity index (χ3v) is 17.7. The van der Waals surface area contributed by atoms with Gasteiger partial charge in [-0.05, 0) is 89.1 Å². The van der Waals surface area contributed by atoms with E-state index in [-0.39, 0.29) is 67.1 Å². The van der Waals surface area contributed by atoms with Crippen LogP contribution in [0.4, 0.5) is 5.69 Å². The van der Waals surface area contributed by atoms with Crippen molar-refractivity contribution < 1.29 is 98.2 Å². The van der Waals surface area contributed by atoms with E-state index in [0.717, 1.165) is 36.1 Å². The van der Waals surface area contributed by atoms with Crippen molar-refractivity contribution in [3.63, 3.8) is 0 Å². The standard InChI is InChI=1S/C66H81N7O20S2/c1-38(74)72-53-49(76)34-65(63(86)87,92-57(53)55(80)51(78)36-70-59(82)44-19-15-42(16-20-44)40-11-5-3-6-12-40)90-27-9-29-94-31-25-68-61(84)46-23-24-47(48(67)33-46)62(85)69-26-32-95-30-10-28-91-66(64(88)89)35-50(77)54(73-39(2)75)58(93-66)56(81)52(79)37-71-60(83)45-21-17-43(18-22-45)41-13-7-4-8-14-41/h3-8,11-24,33,49-58,76-81H,9-10,25-32,34-37,67H2,1-2H3,(H,68,84)(H,69,85)(H,70,82)(H,71,83)(H,72,74)(H,73,75)(H,86,87)(H,88,89)/t49-,50-,51+,52+,53+,54+,55?,56?,57+,58+,65+,66+/m0/s1. The SMILES string of the molecule is CC(=O)N[C@@H]1[C@@H](O)C[C@](OCCCSCCNC(=O)c2ccc(C(=O)NCCSCCCO[C@]3(C(=O)O)C[C@H](O)[C@@H](NC(C)=O)[C@H](C(O)[C@H](O)CNC(=O)c4ccc(-c5ccccc5)cc4)O3)c(N)c2)(C(=O)O)O[C@H]1C(O)[C@H](O)CNC(=O)c1ccc(-c2ccccc2)cc1. The van der Waals surface area contributed by atoms with Gasteiger partial charge in [0, 0.05) is 86.8 Å². The number of benzene rings is 5. The summed E-state index contributed by atoms with van der Waals surface area (Å²) in [5, 5.41) is 103. The van der Waals surface area contributed by atoms with Crippen molar-refractivity contribution in [3.8, 4) is 22.3 Å². The Labute approximate surface area is 556 Å². The average Bonchev–Trinajstić information content (AvgIpc) is 0.781. The minimum atomic E-state index is -2.50. The number of carbonyl (C=O) groups excluding carboxylic acids is 6. The van der Waals surface area contributed by atoms with Crippen molar-refractivity contribution in [1.82, 2.24) is 31.9 Å². The van der Waals surface area contributed by atoms with Gasteiger partial charge in [0.25, 0.3) is 35.2 Å². The predicted octanol–water partition coefficient (Wildman–Crippen LogP) is 1.52. The molecule has 12 atom stereocenters. The van der Waals surface area contributed by atoms with Crippen LogP contribution in [0.25, 0.3) is 22.3 Å². The zero-order valence-corrected chi connectivity index (χ0v) is 53.8. The number of aliphatic hydroxyl groups excluding tert-OH is 6. The van der Waals surface area contributed by atoms with E-state index in [9.17, 15) is 79.2 Å². The molecule has 5 aromatic rings. The lowest BCUT2D eigenvalue weighted by Gasteiger charge is -2.46. The molecule has 2 unspecified atom stereocenters. The highest BCUT2D eigenvalue weighted by Gasteiger charge is 2.57. The number of hydrogen-bond donors (Lipinski definition) is 15. The summed E-state index contributed by atoms with van der Waals surface area (Å²) in [5.41, 5.74) is 10.7. The number of carboxylic acids is 2. The third-order valence-electron chi connectivity index (χ3n) is 15.6. The summed E-state index contributed by atoms with van der Waals surface area (Å²) in [5.74, 6) is -10.0. The highest BCUT2D eigenvalue weighted by atomic mass is 32.2. The van der Waals surface area contributed by atoms with E-state index in [1.54, 1.807) is 48.5 Å². The first-order valence-corrected chi connectivity index (χ1v) is 32.9. The first-order chi connectivity index (χ1) is 45.4. The molecule has 16 N–H and O–H groups in total. The molecule has 0 radical (unpaired) electrons. The molecule has 95 heavy (non-hydrogen) atoms. The molecule has 0 bridgehead atoms. The average molecular weight is 1360 g/mol. The number of aliphatic hydroxyl groups is 6. The van der Waals surface area contributed by atoms with E-state index in [1.165, 1.54) is 41.7 Å². The normalized spacial score (nSPS) is 22.1. The number of ether oxygens (including phenoxy) is 4. The molecule has 2 saturated heterocycles. The van der Waals surface area contributed by atoms with Gasteiger partial charge in [0.2, 0.25) is 11.8 Å². The van der Waals surface area contributed by atoms with Crippen LogP contribution in [0.15, 0.2) is 127 Å². The molecule has 2 aliphatic heterocycles. The fourth-order valence-electron chi connectivity index (χ4n) is 10.6. The number of carboxylic acid groups (broad SMARTS) is 2. The summed E-state index contributed by atoms with van der Waals surface area (Å²) in [6.07, 6.45) is -14.8. The van der Waals surface area contributed by atoms with Gasteiger partial charge in [0.15, 0.2) is 0 Å². The lowest BCUT2D eigenvalue weighted by atomic mass is 9.88. The Balaban J connectivity index is 0.784. The number of nitrogen functional groups attached to an aromatic ring is 1. The van der Waals surface area contributed by atoms with E-state index >= 15 is 0 Å². The second-order valence-corrected chi connectivity index (χ2v) is 25.1. The quantitative estimate of drug-likeness (QED) is 0.0205. The van der Waals surface area contributed by atoms with Crippen molar-refractivity contribution in [1.29, 1.82) is 0 Å². The van der Waals surface area contributed by atoms with Crippen LogP contribution in [0.3, 0.4) is 0 Å². The first kappa shape index (κ1) is 74.4. The van der Waals surface area contributed by atoms with Crippen LogP contribution in [-0.4, -0.2) is 223 Å². The van der Waals surface area contributed by atoms with Crippen LogP contribution in [-0.2, 0) is 38.1 Å². The molecule has 0 saturated carbocycles. The van der Waals surface area contributed by atoms with Gasteiger partial charge in [0.1, 0.15) is 24.4 Å². The van der Waals surface area contributed by atoms with Gasteiger partial charge in [-0.15, -0.1) is 0 Å². The van der Waals surface area contributed by atoms with E-state index in [2.05, 4.69) is 31.9 Å². The predicted molar refractivity (Wildman–Crippen MR) is 351 cm³/mol. The van der Waals surface area contributed by atoms with Gasteiger partial charge >= 0.3 is 11.9 Å². The summed E-state index contributed by atoms with van der Waals surface area (Å²) in [6, 6.07) is 33.8. The Morgan fingerprint density at radius 3 is 1.26 bits per heavy atom. The zero-order chi connectivity index (χ0) is 68.8. The zero-order valence-electron chi connectivity index (χ0n) is 52.2. The maximum Gasteiger partial charge on any atom is 0.364 e. The molecular formula is C66H81N7O20S2. The fraction of sp³-hybridized carbons (Fsp3) is 0.424. The number of rotatable bonds is 34. The van der Waals surface area contributed by atoms with Crippen molar-refractivity contribution >= 4 is 76.6 Å². The molecule has 29 heteroatoms. The minimum absolute atomic E-state index is 0.0406. The van der Waals surface area contributed by atoms with Crippen LogP contribution < -0.4 is 37.6 Å². The maximum atomic E-state index is 13.1. The Morgan fingerprint density at radius 2 is 0.884 bits per heavy atom. The monoisotopic (exact) mass is 1360 g/mol. The molecule has 2 aliphatic rings. The molecule has 5 aromatic carbocycles. The number of amides is 6. The van der Waals surface area contributed by atoms with Gasteiger partial charge in [-0.25, -0.2) is 9.59 Å². The topological polar surface area (TPSA) is 434 Å². The van der Waals surface area contributed by atoms with Crippen LogP contribution in [0, 0.1) is 0 Å². The molecule has 2 fully saturated rings. The van der Waals surface area contributed by atoms with Crippen LogP contribution >= 0.6 is 23.5 Å². The number of thioether (sulfide) groups is 2. The summed E-state index contributed by atoms with van der Waals surface area (Å²) >= 11 is 2.79. The van der Waals surface area contributed by atoms with Gasteiger partial charge in [-0.2, -0.15) is 23.5 Å². The summed E-state index contributed by atoms with van der Waals surface area (Å²) in [7, 11) is 0. The molecule has 7 rings (SSSR count). The molecule has 0 aromatic heterocycles. The van der Waals surface area contributed by atoms with Gasteiger partial charge < -0.3 is 97.4 Å². The number of anilines is 1. The fourth-order valence-corrected chi connectivity index (χ4v) is 12.2. The van der Waals surface area contributed by atoms with Gasteiger partial charge in [-0.3, -0.25) is 28.8 Å². The van der Waals surface area contributed by atoms with E-state index < -0.39 is 146 Å². The van der Waals surface area contributed by atoms with E-state index in [1.807, 2.05) is 60.7 Å². The lowest BCUT2D eigenvalue weighted by Crippen LogP contribution is -2.68. The number of nitrogens with one attached hydrogen (secondary N) is 6. The summed E-state index contributed by atoms with van der Waals surface area (Å²) in [4.78, 5) is 102. The van der Waals surface area contributed by atoms with Crippen molar-refractivity contribution in [2.75, 3.05) is 68.1 Å². The highest BCUT2D eigenvalue weighted by molar-refractivity contribution is 7.99. The largest absolute Gasteiger partial charge is 0.477 e. The number of hydrogen-bond acceptors (Lipinski definition) is 21. The Hall–Kier alpha value is -8.04. The molecule has 6 amide bonds.